The van der Waals surface area contributed by atoms with E-state index < -0.39 is 5.60 Å². The van der Waals surface area contributed by atoms with Gasteiger partial charge in [-0.3, -0.25) is 13.5 Å². The number of carbonyl (C=O) groups is 2. The van der Waals surface area contributed by atoms with Crippen LogP contribution in [0, 0.1) is 0 Å². The molecule has 3 heterocycles. The monoisotopic (exact) mass is 378 g/mol. The molecule has 1 aliphatic heterocycles. The quantitative estimate of drug-likeness (QED) is 0.791. The van der Waals surface area contributed by atoms with Gasteiger partial charge in [0.05, 0.1) is 5.39 Å². The second kappa shape index (κ2) is 7.06. The molecule has 0 atom stereocenters. The molecule has 0 aromatic carbocycles. The molecule has 0 N–H and O–H groups in total. The summed E-state index contributed by atoms with van der Waals surface area (Å²) in [7, 11) is 0. The van der Waals surface area contributed by atoms with Gasteiger partial charge in [-0.05, 0) is 44.4 Å². The molecule has 0 unspecified atom stereocenters. The van der Waals surface area contributed by atoms with Crippen LogP contribution in [0.2, 0.25) is 0 Å². The molecule has 1 fully saturated rings. The van der Waals surface area contributed by atoms with Gasteiger partial charge in [0.2, 0.25) is 5.91 Å². The highest BCUT2D eigenvalue weighted by molar-refractivity contribution is 7.13. The van der Waals surface area contributed by atoms with Gasteiger partial charge in [-0.2, -0.15) is 0 Å². The molecule has 0 spiro atoms. The first-order chi connectivity index (χ1) is 12.2. The van der Waals surface area contributed by atoms with Crippen molar-refractivity contribution in [3.05, 3.63) is 28.7 Å². The average Bonchev–Trinajstić information content (AvgIpc) is 2.90. The van der Waals surface area contributed by atoms with E-state index in [9.17, 15) is 14.4 Å². The fraction of sp³-hybridized carbons (Fsp3) is 0.529. The number of aromatic nitrogens is 2. The summed E-state index contributed by atoms with van der Waals surface area (Å²) < 4.78 is 6.78. The highest BCUT2D eigenvalue weighted by Crippen LogP contribution is 2.14. The average molecular weight is 378 g/mol. The lowest BCUT2D eigenvalue weighted by atomic mass is 10.2. The first-order valence-electron chi connectivity index (χ1n) is 8.45. The van der Waals surface area contributed by atoms with Gasteiger partial charge < -0.3 is 14.5 Å². The van der Waals surface area contributed by atoms with Crippen LogP contribution in [0.25, 0.3) is 10.2 Å². The Morgan fingerprint density at radius 1 is 1.19 bits per heavy atom. The standard InChI is InChI=1S/C17H22N4O4S/c1-17(2,3)25-16(24)20-9-7-19(8-10-20)13(22)11-21-15(23)12-5-4-6-18-14(12)26-21/h4-6H,7-11H2,1-3H3. The van der Waals surface area contributed by atoms with Crippen molar-refractivity contribution in [3.63, 3.8) is 0 Å². The summed E-state index contributed by atoms with van der Waals surface area (Å²) in [6.45, 7) is 7.15. The first kappa shape index (κ1) is 18.4. The lowest BCUT2D eigenvalue weighted by Gasteiger charge is -2.35. The molecule has 9 heteroatoms. The maximum absolute atomic E-state index is 12.5. The molecule has 1 saturated heterocycles. The van der Waals surface area contributed by atoms with Crippen molar-refractivity contribution in [2.45, 2.75) is 32.9 Å². The third-order valence-corrected chi connectivity index (χ3v) is 5.00. The van der Waals surface area contributed by atoms with E-state index in [1.165, 1.54) is 15.5 Å². The number of rotatable bonds is 2. The largest absolute Gasteiger partial charge is 0.444 e. The van der Waals surface area contributed by atoms with Crippen LogP contribution in [0.1, 0.15) is 20.8 Å². The van der Waals surface area contributed by atoms with Crippen molar-refractivity contribution in [1.29, 1.82) is 0 Å². The number of hydrogen-bond acceptors (Lipinski definition) is 6. The molecule has 0 saturated carbocycles. The van der Waals surface area contributed by atoms with Gasteiger partial charge in [-0.15, -0.1) is 0 Å². The van der Waals surface area contributed by atoms with Crippen LogP contribution in [-0.2, 0) is 16.1 Å². The van der Waals surface area contributed by atoms with E-state index in [4.69, 9.17) is 4.74 Å². The lowest BCUT2D eigenvalue weighted by Crippen LogP contribution is -2.52. The molecule has 0 radical (unpaired) electrons. The van der Waals surface area contributed by atoms with E-state index in [0.29, 0.717) is 36.4 Å². The summed E-state index contributed by atoms with van der Waals surface area (Å²) in [6, 6.07) is 3.42. The van der Waals surface area contributed by atoms with Gasteiger partial charge in [0.25, 0.3) is 5.56 Å². The van der Waals surface area contributed by atoms with Gasteiger partial charge in [0.15, 0.2) is 0 Å². The minimum atomic E-state index is -0.541. The Balaban J connectivity index is 1.59. The molecule has 8 nitrogen and oxygen atoms in total. The van der Waals surface area contributed by atoms with Crippen molar-refractivity contribution in [2.75, 3.05) is 26.2 Å². The summed E-state index contributed by atoms with van der Waals surface area (Å²) in [5, 5.41) is 0.528. The smallest absolute Gasteiger partial charge is 0.410 e. The van der Waals surface area contributed by atoms with Crippen molar-refractivity contribution in [2.24, 2.45) is 0 Å². The molecule has 2 aromatic heterocycles. The fourth-order valence-electron chi connectivity index (χ4n) is 2.70. The third-order valence-electron chi connectivity index (χ3n) is 3.99. The normalized spacial score (nSPS) is 15.3. The van der Waals surface area contributed by atoms with E-state index in [1.54, 1.807) is 28.1 Å². The predicted octanol–water partition coefficient (Wildman–Crippen LogP) is 1.54. The number of hydrogen-bond donors (Lipinski definition) is 0. The lowest BCUT2D eigenvalue weighted by molar-refractivity contribution is -0.133. The molecular formula is C17H22N4O4S. The fourth-order valence-corrected chi connectivity index (χ4v) is 3.63. The maximum atomic E-state index is 12.5. The second-order valence-electron chi connectivity index (χ2n) is 7.14. The number of nitrogens with zero attached hydrogens (tertiary/aromatic N) is 4. The van der Waals surface area contributed by atoms with Gasteiger partial charge in [-0.25, -0.2) is 9.78 Å². The van der Waals surface area contributed by atoms with Crippen LogP contribution in [0.15, 0.2) is 23.1 Å². The molecule has 26 heavy (non-hydrogen) atoms. The van der Waals surface area contributed by atoms with Crippen LogP contribution in [0.5, 0.6) is 0 Å². The number of carbonyl (C=O) groups excluding carboxylic acids is 2. The number of piperazine rings is 1. The van der Waals surface area contributed by atoms with Gasteiger partial charge in [0, 0.05) is 32.4 Å². The summed E-state index contributed by atoms with van der Waals surface area (Å²) in [5.74, 6) is -0.137. The number of fused-ring (bicyclic) bond motifs is 1. The van der Waals surface area contributed by atoms with Crippen LogP contribution < -0.4 is 5.56 Å². The molecule has 2 amide bonds. The first-order valence-corrected chi connectivity index (χ1v) is 9.22. The highest BCUT2D eigenvalue weighted by atomic mass is 32.1. The summed E-state index contributed by atoms with van der Waals surface area (Å²) in [6.07, 6.45) is 1.26. The van der Waals surface area contributed by atoms with Gasteiger partial charge >= 0.3 is 6.09 Å². The zero-order valence-electron chi connectivity index (χ0n) is 15.1. The number of ether oxygens (including phenoxy) is 1. The predicted molar refractivity (Wildman–Crippen MR) is 98.3 cm³/mol. The Hall–Kier alpha value is -2.42. The van der Waals surface area contributed by atoms with E-state index >= 15 is 0 Å². The zero-order valence-corrected chi connectivity index (χ0v) is 15.9. The highest BCUT2D eigenvalue weighted by Gasteiger charge is 2.28. The molecule has 140 valence electrons. The van der Waals surface area contributed by atoms with Crippen LogP contribution in [0.3, 0.4) is 0 Å². The zero-order chi connectivity index (χ0) is 18.9. The van der Waals surface area contributed by atoms with Crippen molar-refractivity contribution < 1.29 is 14.3 Å². The Bertz CT molecular complexity index is 875. The molecule has 0 bridgehead atoms. The van der Waals surface area contributed by atoms with E-state index in [2.05, 4.69) is 4.98 Å². The minimum absolute atomic E-state index is 0.00764. The van der Waals surface area contributed by atoms with Crippen LogP contribution in [-0.4, -0.2) is 62.5 Å². The van der Waals surface area contributed by atoms with E-state index in [-0.39, 0.29) is 24.1 Å². The van der Waals surface area contributed by atoms with E-state index in [0.717, 1.165) is 0 Å². The van der Waals surface area contributed by atoms with Gasteiger partial charge in [-0.1, -0.05) is 0 Å². The summed E-state index contributed by atoms with van der Waals surface area (Å²) in [5.41, 5.74) is -0.737. The molecule has 3 rings (SSSR count). The minimum Gasteiger partial charge on any atom is -0.444 e. The number of amides is 2. The van der Waals surface area contributed by atoms with Crippen LogP contribution in [0.4, 0.5) is 4.79 Å². The Kier molecular flexibility index (Phi) is 4.99. The Labute approximate surface area is 155 Å². The van der Waals surface area contributed by atoms with Crippen molar-refractivity contribution >= 4 is 33.7 Å². The molecule has 2 aromatic rings. The molecule has 1 aliphatic rings. The van der Waals surface area contributed by atoms with Crippen molar-refractivity contribution in [1.82, 2.24) is 18.7 Å². The topological polar surface area (TPSA) is 84.7 Å². The Morgan fingerprint density at radius 2 is 1.85 bits per heavy atom. The number of pyridine rings is 1. The van der Waals surface area contributed by atoms with E-state index in [1.807, 2.05) is 20.8 Å². The SMILES string of the molecule is CC(C)(C)OC(=O)N1CCN(C(=O)Cn2sc3ncccc3c2=O)CC1. The van der Waals surface area contributed by atoms with Gasteiger partial charge in [0.1, 0.15) is 17.0 Å². The summed E-state index contributed by atoms with van der Waals surface area (Å²) >= 11 is 1.19. The molecular weight excluding hydrogens is 356 g/mol. The van der Waals surface area contributed by atoms with Crippen molar-refractivity contribution in [3.8, 4) is 0 Å². The van der Waals surface area contributed by atoms with Crippen LogP contribution >= 0.6 is 11.5 Å². The molecule has 0 aliphatic carbocycles. The Morgan fingerprint density at radius 3 is 2.46 bits per heavy atom. The third kappa shape index (κ3) is 4.04. The maximum Gasteiger partial charge on any atom is 0.410 e. The second-order valence-corrected chi connectivity index (χ2v) is 8.15. The summed E-state index contributed by atoms with van der Waals surface area (Å²) in [4.78, 5) is 45.0.